The van der Waals surface area contributed by atoms with Crippen molar-refractivity contribution in [2.24, 2.45) is 17.1 Å². The quantitative estimate of drug-likeness (QED) is 0.714. The van der Waals surface area contributed by atoms with Gasteiger partial charge in [0.15, 0.2) is 0 Å². The number of nitrogens with two attached hydrogens (primary N) is 1. The second-order valence-corrected chi connectivity index (χ2v) is 6.09. The molecule has 102 valence electrons. The van der Waals surface area contributed by atoms with Gasteiger partial charge in [-0.15, -0.1) is 0 Å². The van der Waals surface area contributed by atoms with Gasteiger partial charge in [0.05, 0.1) is 0 Å². The van der Waals surface area contributed by atoms with Crippen LogP contribution in [0.2, 0.25) is 0 Å². The zero-order valence-electron chi connectivity index (χ0n) is 11.9. The number of amides is 1. The highest BCUT2D eigenvalue weighted by atomic mass is 16.5. The van der Waals surface area contributed by atoms with Gasteiger partial charge in [-0.3, -0.25) is 4.79 Å². The highest BCUT2D eigenvalue weighted by molar-refractivity contribution is 5.76. The fourth-order valence-electron chi connectivity index (χ4n) is 1.84. The molecule has 0 spiro atoms. The minimum Gasteiger partial charge on any atom is -0.384 e. The van der Waals surface area contributed by atoms with Crippen LogP contribution in [0, 0.1) is 11.3 Å². The Labute approximate surface area is 105 Å². The van der Waals surface area contributed by atoms with Gasteiger partial charge in [0.1, 0.15) is 0 Å². The first-order chi connectivity index (χ1) is 7.74. The van der Waals surface area contributed by atoms with E-state index in [1.807, 2.05) is 6.92 Å². The molecule has 4 heteroatoms. The Morgan fingerprint density at radius 2 is 2.00 bits per heavy atom. The van der Waals surface area contributed by atoms with E-state index in [4.69, 9.17) is 10.5 Å². The Morgan fingerprint density at radius 1 is 1.41 bits per heavy atom. The van der Waals surface area contributed by atoms with Crippen LogP contribution in [0.15, 0.2) is 0 Å². The molecule has 3 N–H and O–H groups in total. The van der Waals surface area contributed by atoms with Crippen molar-refractivity contribution >= 4 is 5.91 Å². The van der Waals surface area contributed by atoms with Gasteiger partial charge in [-0.25, -0.2) is 0 Å². The molecule has 0 aromatic rings. The van der Waals surface area contributed by atoms with E-state index in [2.05, 4.69) is 26.1 Å². The maximum Gasteiger partial charge on any atom is 0.220 e. The summed E-state index contributed by atoms with van der Waals surface area (Å²) < 4.78 is 4.99. The molecule has 0 aromatic heterocycles. The molecule has 0 aliphatic heterocycles. The maximum atomic E-state index is 11.6. The Balaban J connectivity index is 3.76. The van der Waals surface area contributed by atoms with Gasteiger partial charge in [0.2, 0.25) is 5.91 Å². The summed E-state index contributed by atoms with van der Waals surface area (Å²) in [5.41, 5.74) is 6.16. The van der Waals surface area contributed by atoms with Gasteiger partial charge >= 0.3 is 0 Å². The lowest BCUT2D eigenvalue weighted by molar-refractivity contribution is -0.122. The minimum atomic E-state index is 0.0247. The molecule has 0 aliphatic carbocycles. The van der Waals surface area contributed by atoms with Crippen molar-refractivity contribution < 1.29 is 9.53 Å². The first kappa shape index (κ1) is 16.4. The van der Waals surface area contributed by atoms with Gasteiger partial charge in [-0.2, -0.15) is 0 Å². The topological polar surface area (TPSA) is 64.3 Å². The number of nitrogens with one attached hydrogen (secondary N) is 1. The summed E-state index contributed by atoms with van der Waals surface area (Å²) in [4.78, 5) is 11.6. The monoisotopic (exact) mass is 244 g/mol. The van der Waals surface area contributed by atoms with Crippen LogP contribution in [0.25, 0.3) is 0 Å². The molecular weight excluding hydrogens is 216 g/mol. The van der Waals surface area contributed by atoms with E-state index < -0.39 is 0 Å². The third-order valence-corrected chi connectivity index (χ3v) is 2.42. The van der Waals surface area contributed by atoms with Crippen molar-refractivity contribution in [1.29, 1.82) is 0 Å². The summed E-state index contributed by atoms with van der Waals surface area (Å²) in [5.74, 6) is 0.303. The number of hydrogen-bond donors (Lipinski definition) is 2. The van der Waals surface area contributed by atoms with Crippen LogP contribution in [-0.4, -0.2) is 32.2 Å². The van der Waals surface area contributed by atoms with Gasteiger partial charge in [0, 0.05) is 32.7 Å². The molecule has 4 nitrogen and oxygen atoms in total. The van der Waals surface area contributed by atoms with Crippen molar-refractivity contribution in [3.05, 3.63) is 0 Å². The molecule has 0 fully saturated rings. The van der Waals surface area contributed by atoms with Gasteiger partial charge in [-0.1, -0.05) is 27.7 Å². The zero-order chi connectivity index (χ0) is 13.5. The highest BCUT2D eigenvalue weighted by Crippen LogP contribution is 2.19. The van der Waals surface area contributed by atoms with Gasteiger partial charge in [-0.05, 0) is 17.8 Å². The van der Waals surface area contributed by atoms with Crippen LogP contribution in [0.3, 0.4) is 0 Å². The summed E-state index contributed by atoms with van der Waals surface area (Å²) in [7, 11) is 1.65. The predicted molar refractivity (Wildman–Crippen MR) is 70.7 cm³/mol. The van der Waals surface area contributed by atoms with Crippen molar-refractivity contribution in [2.45, 2.75) is 46.6 Å². The van der Waals surface area contributed by atoms with E-state index in [0.717, 1.165) is 6.42 Å². The molecular formula is C13H28N2O2. The van der Waals surface area contributed by atoms with Crippen LogP contribution in [-0.2, 0) is 9.53 Å². The van der Waals surface area contributed by atoms with Crippen molar-refractivity contribution in [3.63, 3.8) is 0 Å². The Kier molecular flexibility index (Phi) is 7.39. The summed E-state index contributed by atoms with van der Waals surface area (Å²) in [6, 6.07) is 0.0247. The number of methoxy groups -OCH3 is 1. The molecule has 2 atom stereocenters. The van der Waals surface area contributed by atoms with Gasteiger partial charge < -0.3 is 15.8 Å². The van der Waals surface area contributed by atoms with Crippen LogP contribution in [0.5, 0.6) is 0 Å². The van der Waals surface area contributed by atoms with Gasteiger partial charge in [0.25, 0.3) is 0 Å². The van der Waals surface area contributed by atoms with E-state index in [1.54, 1.807) is 7.11 Å². The molecule has 0 aromatic carbocycles. The minimum absolute atomic E-state index is 0.0247. The fourth-order valence-corrected chi connectivity index (χ4v) is 1.84. The Morgan fingerprint density at radius 3 is 2.47 bits per heavy atom. The number of ether oxygens (including phenoxy) is 1. The molecule has 0 saturated carbocycles. The van der Waals surface area contributed by atoms with E-state index in [1.165, 1.54) is 0 Å². The first-order valence-electron chi connectivity index (χ1n) is 6.26. The molecule has 0 heterocycles. The third-order valence-electron chi connectivity index (χ3n) is 2.42. The molecule has 0 bridgehead atoms. The first-order valence-corrected chi connectivity index (χ1v) is 6.26. The average Bonchev–Trinajstić information content (AvgIpc) is 2.12. The summed E-state index contributed by atoms with van der Waals surface area (Å²) in [6.45, 7) is 9.61. The third kappa shape index (κ3) is 10.3. The number of hydrogen-bond acceptors (Lipinski definition) is 3. The predicted octanol–water partition coefficient (Wildman–Crippen LogP) is 1.54. The lowest BCUT2D eigenvalue weighted by Gasteiger charge is -2.23. The molecule has 2 unspecified atom stereocenters. The Bertz CT molecular complexity index is 224. The standard InChI is InChI=1S/C13H28N2O2/c1-10(9-17-5)6-12(16)15-8-11(14)7-13(2,3)4/h10-11H,6-9,14H2,1-5H3,(H,15,16). The number of carbonyl (C=O) groups is 1. The lowest BCUT2D eigenvalue weighted by atomic mass is 9.88. The second-order valence-electron chi connectivity index (χ2n) is 6.09. The summed E-state index contributed by atoms with van der Waals surface area (Å²) in [5, 5.41) is 2.87. The van der Waals surface area contributed by atoms with Crippen molar-refractivity contribution in [1.82, 2.24) is 5.32 Å². The van der Waals surface area contributed by atoms with Crippen molar-refractivity contribution in [3.8, 4) is 0 Å². The number of rotatable bonds is 7. The summed E-state index contributed by atoms with van der Waals surface area (Å²) >= 11 is 0. The average molecular weight is 244 g/mol. The lowest BCUT2D eigenvalue weighted by Crippen LogP contribution is -2.39. The smallest absolute Gasteiger partial charge is 0.220 e. The molecule has 0 rings (SSSR count). The molecule has 0 saturated heterocycles. The Hall–Kier alpha value is -0.610. The highest BCUT2D eigenvalue weighted by Gasteiger charge is 2.16. The number of carbonyl (C=O) groups excluding carboxylic acids is 1. The van der Waals surface area contributed by atoms with Crippen LogP contribution < -0.4 is 11.1 Å². The van der Waals surface area contributed by atoms with E-state index in [9.17, 15) is 4.79 Å². The van der Waals surface area contributed by atoms with E-state index >= 15 is 0 Å². The second kappa shape index (κ2) is 7.67. The van der Waals surface area contributed by atoms with Crippen LogP contribution in [0.4, 0.5) is 0 Å². The fraction of sp³-hybridized carbons (Fsp3) is 0.923. The van der Waals surface area contributed by atoms with E-state index in [0.29, 0.717) is 19.6 Å². The van der Waals surface area contributed by atoms with Crippen LogP contribution in [0.1, 0.15) is 40.5 Å². The molecule has 0 radical (unpaired) electrons. The molecule has 1 amide bonds. The maximum absolute atomic E-state index is 11.6. The van der Waals surface area contributed by atoms with E-state index in [-0.39, 0.29) is 23.3 Å². The van der Waals surface area contributed by atoms with Crippen LogP contribution >= 0.6 is 0 Å². The SMILES string of the molecule is COCC(C)CC(=O)NCC(N)CC(C)(C)C. The largest absolute Gasteiger partial charge is 0.384 e. The summed E-state index contributed by atoms with van der Waals surface area (Å²) in [6.07, 6.45) is 1.40. The normalized spacial score (nSPS) is 15.4. The molecule has 17 heavy (non-hydrogen) atoms. The zero-order valence-corrected chi connectivity index (χ0v) is 11.9. The molecule has 0 aliphatic rings. The van der Waals surface area contributed by atoms with Crippen molar-refractivity contribution in [2.75, 3.05) is 20.3 Å².